The van der Waals surface area contributed by atoms with E-state index < -0.39 is 11.7 Å². The molecule has 0 saturated heterocycles. The van der Waals surface area contributed by atoms with Crippen molar-refractivity contribution in [2.45, 2.75) is 57.5 Å². The first-order valence-corrected chi connectivity index (χ1v) is 12.8. The van der Waals surface area contributed by atoms with E-state index in [1.54, 1.807) is 4.90 Å². The van der Waals surface area contributed by atoms with E-state index in [1.165, 1.54) is 10.8 Å². The Bertz CT molecular complexity index is 927. The number of halogens is 3. The fourth-order valence-corrected chi connectivity index (χ4v) is 3.89. The second kappa shape index (κ2) is 12.9. The molecule has 0 atom stereocenters. The van der Waals surface area contributed by atoms with Crippen molar-refractivity contribution in [3.05, 3.63) is 35.5 Å². The van der Waals surface area contributed by atoms with Crippen LogP contribution in [0.15, 0.2) is 29.3 Å². The monoisotopic (exact) mass is 501 g/mol. The average molecular weight is 502 g/mol. The maximum absolute atomic E-state index is 13.5. The van der Waals surface area contributed by atoms with Crippen molar-refractivity contribution in [3.63, 3.8) is 0 Å². The molecule has 0 aliphatic carbocycles. The molecule has 0 saturated carbocycles. The van der Waals surface area contributed by atoms with Crippen LogP contribution in [0.5, 0.6) is 0 Å². The van der Waals surface area contributed by atoms with E-state index in [9.17, 15) is 18.0 Å². The zero-order valence-corrected chi connectivity index (χ0v) is 20.7. The van der Waals surface area contributed by atoms with E-state index in [0.29, 0.717) is 25.9 Å². The zero-order valence-electron chi connectivity index (χ0n) is 19.0. The molecule has 0 bridgehead atoms. The Morgan fingerprint density at radius 2 is 2.00 bits per heavy atom. The Labute approximate surface area is 202 Å². The molecule has 0 aliphatic rings. The molecule has 2 aromatic rings. The smallest absolute Gasteiger partial charge is 0.369 e. The van der Waals surface area contributed by atoms with E-state index in [1.807, 2.05) is 39.0 Å². The summed E-state index contributed by atoms with van der Waals surface area (Å²) in [4.78, 5) is 22.7. The standard InChI is InChI=1S/C22H30F3N5OS2/c1-4-8-19(31)30(6-3)12-7-11-26-20-17(22(23,24)25)14-27-21(29-20)28-18-13-16(33-32)10-9-15(18)5-2/h9-10,13-14,32H,4-8,11-12H2,1-3H3,(H2,26,27,28,29). The van der Waals surface area contributed by atoms with Crippen molar-refractivity contribution >= 4 is 45.8 Å². The third-order valence-corrected chi connectivity index (χ3v) is 6.10. The van der Waals surface area contributed by atoms with Crippen molar-refractivity contribution in [2.24, 2.45) is 0 Å². The van der Waals surface area contributed by atoms with Gasteiger partial charge in [-0.1, -0.05) is 30.7 Å². The third-order valence-electron chi connectivity index (χ3n) is 5.00. The highest BCUT2D eigenvalue weighted by Gasteiger charge is 2.35. The van der Waals surface area contributed by atoms with Crippen LogP contribution in [-0.4, -0.2) is 40.4 Å². The molecule has 0 fully saturated rings. The summed E-state index contributed by atoms with van der Waals surface area (Å²) in [6.07, 6.45) is -1.36. The number of alkyl halides is 3. The number of rotatable bonds is 12. The van der Waals surface area contributed by atoms with Crippen LogP contribution in [0.1, 0.15) is 51.2 Å². The molecule has 2 rings (SSSR count). The van der Waals surface area contributed by atoms with Gasteiger partial charge in [-0.3, -0.25) is 4.79 Å². The maximum atomic E-state index is 13.5. The molecule has 2 N–H and O–H groups in total. The summed E-state index contributed by atoms with van der Waals surface area (Å²) in [6.45, 7) is 7.08. The van der Waals surface area contributed by atoms with Crippen LogP contribution in [0.25, 0.3) is 0 Å². The van der Waals surface area contributed by atoms with Crippen LogP contribution < -0.4 is 10.6 Å². The summed E-state index contributed by atoms with van der Waals surface area (Å²) in [7, 11) is 1.27. The van der Waals surface area contributed by atoms with E-state index in [4.69, 9.17) is 0 Å². The molecule has 0 aliphatic heterocycles. The minimum absolute atomic E-state index is 0.0536. The van der Waals surface area contributed by atoms with Gasteiger partial charge >= 0.3 is 6.18 Å². The Morgan fingerprint density at radius 1 is 1.24 bits per heavy atom. The lowest BCUT2D eigenvalue weighted by atomic mass is 10.1. The van der Waals surface area contributed by atoms with Crippen LogP contribution >= 0.6 is 22.5 Å². The van der Waals surface area contributed by atoms with Crippen molar-refractivity contribution in [3.8, 4) is 0 Å². The summed E-state index contributed by atoms with van der Waals surface area (Å²) in [5.41, 5.74) is 0.767. The number of aryl methyl sites for hydroxylation is 1. The third kappa shape index (κ3) is 7.99. The van der Waals surface area contributed by atoms with Gasteiger partial charge in [-0.2, -0.15) is 18.2 Å². The highest BCUT2D eigenvalue weighted by molar-refractivity contribution is 8.68. The summed E-state index contributed by atoms with van der Waals surface area (Å²) in [5.74, 6) is -0.173. The summed E-state index contributed by atoms with van der Waals surface area (Å²) in [5, 5.41) is 5.82. The molecule has 0 radical (unpaired) electrons. The van der Waals surface area contributed by atoms with Gasteiger partial charge in [0.1, 0.15) is 11.4 Å². The minimum atomic E-state index is -4.59. The minimum Gasteiger partial charge on any atom is -0.369 e. The maximum Gasteiger partial charge on any atom is 0.421 e. The first-order chi connectivity index (χ1) is 15.7. The molecular weight excluding hydrogens is 471 g/mol. The van der Waals surface area contributed by atoms with E-state index >= 15 is 0 Å². The molecular formula is C22H30F3N5OS2. The lowest BCUT2D eigenvalue weighted by molar-refractivity contribution is -0.137. The largest absolute Gasteiger partial charge is 0.421 e. The number of nitrogens with zero attached hydrogens (tertiary/aromatic N) is 3. The number of hydrogen-bond acceptors (Lipinski definition) is 7. The number of amides is 1. The first kappa shape index (κ1) is 27.1. The highest BCUT2D eigenvalue weighted by atomic mass is 33.1. The van der Waals surface area contributed by atoms with Crippen molar-refractivity contribution in [1.82, 2.24) is 14.9 Å². The van der Waals surface area contributed by atoms with Crippen molar-refractivity contribution in [1.29, 1.82) is 0 Å². The first-order valence-electron chi connectivity index (χ1n) is 10.9. The molecule has 182 valence electrons. The van der Waals surface area contributed by atoms with Gasteiger partial charge in [0.2, 0.25) is 11.9 Å². The van der Waals surface area contributed by atoms with Crippen LogP contribution in [0.2, 0.25) is 0 Å². The van der Waals surface area contributed by atoms with Crippen molar-refractivity contribution in [2.75, 3.05) is 30.3 Å². The Morgan fingerprint density at radius 3 is 2.61 bits per heavy atom. The number of carbonyl (C=O) groups excluding carboxylic acids is 1. The Hall–Kier alpha value is -2.14. The summed E-state index contributed by atoms with van der Waals surface area (Å²) >= 11 is 4.20. The van der Waals surface area contributed by atoms with Gasteiger partial charge in [-0.25, -0.2) is 4.98 Å². The molecule has 11 heteroatoms. The van der Waals surface area contributed by atoms with Gasteiger partial charge in [-0.05, 0) is 43.9 Å². The fourth-order valence-electron chi connectivity index (χ4n) is 3.25. The van der Waals surface area contributed by atoms with E-state index in [-0.39, 0.29) is 24.2 Å². The second-order valence-electron chi connectivity index (χ2n) is 7.35. The van der Waals surface area contributed by atoms with Gasteiger partial charge in [-0.15, -0.1) is 11.7 Å². The number of nitrogens with one attached hydrogen (secondary N) is 2. The van der Waals surface area contributed by atoms with Crippen LogP contribution in [-0.2, 0) is 17.4 Å². The molecule has 1 aromatic heterocycles. The van der Waals surface area contributed by atoms with Crippen LogP contribution in [0, 0.1) is 0 Å². The molecule has 1 heterocycles. The van der Waals surface area contributed by atoms with E-state index in [0.717, 1.165) is 35.2 Å². The van der Waals surface area contributed by atoms with Crippen molar-refractivity contribution < 1.29 is 18.0 Å². The predicted octanol–water partition coefficient (Wildman–Crippen LogP) is 6.19. The number of benzene rings is 1. The fraction of sp³-hybridized carbons (Fsp3) is 0.500. The second-order valence-corrected chi connectivity index (χ2v) is 8.55. The highest BCUT2D eigenvalue weighted by Crippen LogP contribution is 2.35. The molecule has 1 amide bonds. The van der Waals surface area contributed by atoms with Gasteiger partial charge in [0.15, 0.2) is 0 Å². The van der Waals surface area contributed by atoms with Gasteiger partial charge in [0.25, 0.3) is 0 Å². The number of hydrogen-bond donors (Lipinski definition) is 3. The SMILES string of the molecule is CCCC(=O)N(CC)CCCNc1nc(Nc2cc(SS)ccc2CC)ncc1C(F)(F)F. The topological polar surface area (TPSA) is 70.2 Å². The molecule has 6 nitrogen and oxygen atoms in total. The van der Waals surface area contributed by atoms with Crippen LogP contribution in [0.3, 0.4) is 0 Å². The number of carbonyl (C=O) groups is 1. The lowest BCUT2D eigenvalue weighted by Gasteiger charge is -2.21. The molecule has 0 spiro atoms. The zero-order chi connectivity index (χ0) is 24.4. The van der Waals surface area contributed by atoms with Gasteiger partial charge in [0, 0.05) is 42.8 Å². The normalized spacial score (nSPS) is 11.4. The lowest BCUT2D eigenvalue weighted by Crippen LogP contribution is -2.32. The van der Waals surface area contributed by atoms with Crippen LogP contribution in [0.4, 0.5) is 30.6 Å². The molecule has 33 heavy (non-hydrogen) atoms. The molecule has 1 aromatic carbocycles. The van der Waals surface area contributed by atoms with E-state index in [2.05, 4.69) is 32.3 Å². The van der Waals surface area contributed by atoms with Gasteiger partial charge < -0.3 is 15.5 Å². The summed E-state index contributed by atoms with van der Waals surface area (Å²) in [6, 6.07) is 5.72. The quantitative estimate of drug-likeness (QED) is 0.183. The Kier molecular flexibility index (Phi) is 10.6. The summed E-state index contributed by atoms with van der Waals surface area (Å²) < 4.78 is 40.5. The number of aromatic nitrogens is 2. The predicted molar refractivity (Wildman–Crippen MR) is 131 cm³/mol. The average Bonchev–Trinajstić information content (AvgIpc) is 2.78. The number of thiol groups is 1. The Balaban J connectivity index is 2.17. The van der Waals surface area contributed by atoms with Gasteiger partial charge in [0.05, 0.1) is 0 Å². The number of anilines is 3. The molecule has 0 unspecified atom stereocenters.